The Balaban J connectivity index is 1.65. The molecule has 0 bridgehead atoms. The highest BCUT2D eigenvalue weighted by molar-refractivity contribution is 5.77. The molecule has 1 amide bonds. The lowest BCUT2D eigenvalue weighted by Crippen LogP contribution is -2.33. The van der Waals surface area contributed by atoms with Crippen LogP contribution in [-0.2, 0) is 35.6 Å². The molecule has 2 heterocycles. The second kappa shape index (κ2) is 9.58. The summed E-state index contributed by atoms with van der Waals surface area (Å²) in [6.45, 7) is 2.15. The normalized spacial score (nSPS) is 13.8. The van der Waals surface area contributed by atoms with Crippen LogP contribution in [0.4, 0.5) is 8.78 Å². The largest absolute Gasteiger partial charge is 0.375 e. The predicted molar refractivity (Wildman–Crippen MR) is 116 cm³/mol. The first kappa shape index (κ1) is 22.1. The summed E-state index contributed by atoms with van der Waals surface area (Å²) in [6, 6.07) is 13.0. The lowest BCUT2D eigenvalue weighted by molar-refractivity contribution is -0.134. The van der Waals surface area contributed by atoms with Crippen LogP contribution in [0.1, 0.15) is 22.5 Å². The molecule has 3 aromatic rings. The van der Waals surface area contributed by atoms with Crippen molar-refractivity contribution < 1.29 is 18.3 Å². The first-order valence-corrected chi connectivity index (χ1v) is 10.5. The summed E-state index contributed by atoms with van der Waals surface area (Å²) in [5, 5.41) is 4.79. The van der Waals surface area contributed by atoms with Crippen LogP contribution < -0.4 is 0 Å². The van der Waals surface area contributed by atoms with Crippen molar-refractivity contribution in [3.63, 3.8) is 0 Å². The van der Waals surface area contributed by atoms with Crippen molar-refractivity contribution in [2.75, 3.05) is 27.3 Å². The highest BCUT2D eigenvalue weighted by atomic mass is 19.1. The van der Waals surface area contributed by atoms with Crippen molar-refractivity contribution >= 4 is 5.91 Å². The smallest absolute Gasteiger partial charge is 0.248 e. The molecule has 1 aliphatic heterocycles. The van der Waals surface area contributed by atoms with E-state index in [0.717, 1.165) is 29.2 Å². The van der Waals surface area contributed by atoms with Crippen molar-refractivity contribution in [1.82, 2.24) is 19.6 Å². The SMILES string of the molecule is COCC(=O)N(C)Cc1nn(-c2ccc(F)cc2)c2c1CN(Cc1ccccc1F)CC2. The zero-order valence-corrected chi connectivity index (χ0v) is 18.2. The number of hydrogen-bond donors (Lipinski definition) is 0. The molecule has 32 heavy (non-hydrogen) atoms. The summed E-state index contributed by atoms with van der Waals surface area (Å²) in [7, 11) is 3.20. The van der Waals surface area contributed by atoms with E-state index in [2.05, 4.69) is 4.90 Å². The minimum Gasteiger partial charge on any atom is -0.375 e. The van der Waals surface area contributed by atoms with E-state index in [4.69, 9.17) is 9.84 Å². The van der Waals surface area contributed by atoms with E-state index in [1.165, 1.54) is 25.3 Å². The summed E-state index contributed by atoms with van der Waals surface area (Å²) in [5.41, 5.74) is 4.24. The number of nitrogens with zero attached hydrogens (tertiary/aromatic N) is 4. The van der Waals surface area contributed by atoms with Crippen molar-refractivity contribution in [1.29, 1.82) is 0 Å². The van der Waals surface area contributed by atoms with Crippen LogP contribution in [-0.4, -0.2) is 52.8 Å². The highest BCUT2D eigenvalue weighted by Crippen LogP contribution is 2.27. The van der Waals surface area contributed by atoms with Gasteiger partial charge in [-0.25, -0.2) is 13.5 Å². The Bertz CT molecular complexity index is 1100. The fourth-order valence-electron chi connectivity index (χ4n) is 4.01. The van der Waals surface area contributed by atoms with Crippen LogP contribution in [0.5, 0.6) is 0 Å². The van der Waals surface area contributed by atoms with E-state index in [-0.39, 0.29) is 24.1 Å². The highest BCUT2D eigenvalue weighted by Gasteiger charge is 2.27. The monoisotopic (exact) mass is 440 g/mol. The third-order valence-corrected chi connectivity index (χ3v) is 5.72. The average Bonchev–Trinajstić information content (AvgIpc) is 3.13. The van der Waals surface area contributed by atoms with Gasteiger partial charge in [0.25, 0.3) is 0 Å². The topological polar surface area (TPSA) is 50.6 Å². The van der Waals surface area contributed by atoms with Crippen LogP contribution in [0.25, 0.3) is 5.69 Å². The van der Waals surface area contributed by atoms with E-state index >= 15 is 0 Å². The Labute approximate surface area is 186 Å². The van der Waals surface area contributed by atoms with E-state index in [1.54, 1.807) is 36.2 Å². The minimum absolute atomic E-state index is 0.00320. The van der Waals surface area contributed by atoms with Crippen LogP contribution in [0.3, 0.4) is 0 Å². The minimum atomic E-state index is -0.309. The first-order valence-electron chi connectivity index (χ1n) is 10.5. The van der Waals surface area contributed by atoms with Crippen molar-refractivity contribution in [3.8, 4) is 5.69 Å². The molecule has 0 radical (unpaired) electrons. The molecule has 1 aromatic heterocycles. The number of amides is 1. The van der Waals surface area contributed by atoms with E-state index < -0.39 is 0 Å². The van der Waals surface area contributed by atoms with Crippen molar-refractivity contribution in [2.24, 2.45) is 0 Å². The maximum atomic E-state index is 14.2. The van der Waals surface area contributed by atoms with Crippen LogP contribution in [0.15, 0.2) is 48.5 Å². The third kappa shape index (κ3) is 4.71. The standard InChI is InChI=1S/C24H26F2N4O2/c1-28(24(31)16-32-2)15-22-20-14-29(13-17-5-3-4-6-21(17)26)12-11-23(20)30(27-22)19-9-7-18(25)8-10-19/h3-10H,11-16H2,1-2H3. The third-order valence-electron chi connectivity index (χ3n) is 5.72. The quantitative estimate of drug-likeness (QED) is 0.566. The number of carbonyl (C=O) groups excluding carboxylic acids is 1. The van der Waals surface area contributed by atoms with Gasteiger partial charge in [-0.2, -0.15) is 5.10 Å². The second-order valence-corrected chi connectivity index (χ2v) is 8.00. The fourth-order valence-corrected chi connectivity index (χ4v) is 4.01. The van der Waals surface area contributed by atoms with Gasteiger partial charge in [-0.3, -0.25) is 9.69 Å². The molecule has 0 saturated carbocycles. The van der Waals surface area contributed by atoms with E-state index in [1.807, 2.05) is 10.7 Å². The van der Waals surface area contributed by atoms with Gasteiger partial charge in [0.1, 0.15) is 18.2 Å². The molecule has 1 aliphatic rings. The van der Waals surface area contributed by atoms with Crippen LogP contribution in [0.2, 0.25) is 0 Å². The summed E-state index contributed by atoms with van der Waals surface area (Å²) in [5.74, 6) is -0.669. The summed E-state index contributed by atoms with van der Waals surface area (Å²) in [4.78, 5) is 16.0. The number of ether oxygens (including phenoxy) is 1. The number of likely N-dealkylation sites (N-methyl/N-ethyl adjacent to an activating group) is 1. The van der Waals surface area contributed by atoms with Gasteiger partial charge in [0.15, 0.2) is 0 Å². The molecule has 168 valence electrons. The molecule has 6 nitrogen and oxygen atoms in total. The molecule has 0 N–H and O–H groups in total. The molecule has 8 heteroatoms. The van der Waals surface area contributed by atoms with Gasteiger partial charge in [-0.1, -0.05) is 18.2 Å². The van der Waals surface area contributed by atoms with E-state index in [0.29, 0.717) is 31.6 Å². The molecule has 0 fully saturated rings. The van der Waals surface area contributed by atoms with Gasteiger partial charge in [0.05, 0.1) is 23.6 Å². The lowest BCUT2D eigenvalue weighted by Gasteiger charge is -2.28. The fraction of sp³-hybridized carbons (Fsp3) is 0.333. The number of hydrogen-bond acceptors (Lipinski definition) is 4. The van der Waals surface area contributed by atoms with Crippen molar-refractivity contribution in [2.45, 2.75) is 26.1 Å². The summed E-state index contributed by atoms with van der Waals surface area (Å²) in [6.07, 6.45) is 0.712. The molecule has 0 saturated heterocycles. The van der Waals surface area contributed by atoms with Gasteiger partial charge in [0.2, 0.25) is 5.91 Å². The number of fused-ring (bicyclic) bond motifs is 1. The number of rotatable bonds is 7. The molecular weight excluding hydrogens is 414 g/mol. The lowest BCUT2D eigenvalue weighted by atomic mass is 10.0. The molecular formula is C24H26F2N4O2. The van der Waals surface area contributed by atoms with Crippen molar-refractivity contribution in [3.05, 3.63) is 82.7 Å². The number of aromatic nitrogens is 2. The molecule has 0 spiro atoms. The molecule has 0 atom stereocenters. The maximum absolute atomic E-state index is 14.2. The molecule has 4 rings (SSSR count). The van der Waals surface area contributed by atoms with Gasteiger partial charge < -0.3 is 9.64 Å². The Kier molecular flexibility index (Phi) is 6.62. The Hall–Kier alpha value is -3.10. The number of benzene rings is 2. The Morgan fingerprint density at radius 1 is 1.16 bits per heavy atom. The van der Waals surface area contributed by atoms with Gasteiger partial charge in [-0.05, 0) is 30.3 Å². The Morgan fingerprint density at radius 3 is 2.62 bits per heavy atom. The molecule has 2 aromatic carbocycles. The molecule has 0 unspecified atom stereocenters. The first-order chi connectivity index (χ1) is 15.5. The van der Waals surface area contributed by atoms with Gasteiger partial charge in [0, 0.05) is 51.3 Å². The molecule has 0 aliphatic carbocycles. The van der Waals surface area contributed by atoms with Gasteiger partial charge >= 0.3 is 0 Å². The zero-order chi connectivity index (χ0) is 22.7. The number of carbonyl (C=O) groups is 1. The predicted octanol–water partition coefficient (Wildman–Crippen LogP) is 3.31. The zero-order valence-electron chi connectivity index (χ0n) is 18.2. The second-order valence-electron chi connectivity index (χ2n) is 8.00. The maximum Gasteiger partial charge on any atom is 0.248 e. The van der Waals surface area contributed by atoms with Crippen LogP contribution >= 0.6 is 0 Å². The summed E-state index contributed by atoms with van der Waals surface area (Å²) < 4.78 is 34.4. The van der Waals surface area contributed by atoms with Gasteiger partial charge in [-0.15, -0.1) is 0 Å². The van der Waals surface area contributed by atoms with Crippen LogP contribution in [0, 0.1) is 11.6 Å². The summed E-state index contributed by atoms with van der Waals surface area (Å²) >= 11 is 0. The average molecular weight is 440 g/mol. The Morgan fingerprint density at radius 2 is 1.91 bits per heavy atom. The number of methoxy groups -OCH3 is 1. The number of halogens is 2. The van der Waals surface area contributed by atoms with E-state index in [9.17, 15) is 13.6 Å².